The fourth-order valence-electron chi connectivity index (χ4n) is 4.09. The van der Waals surface area contributed by atoms with E-state index in [-0.39, 0.29) is 5.54 Å². The Kier molecular flexibility index (Phi) is 4.59. The van der Waals surface area contributed by atoms with E-state index in [0.29, 0.717) is 43.8 Å². The largest absolute Gasteiger partial charge is 0.345 e. The van der Waals surface area contributed by atoms with Gasteiger partial charge in [-0.15, -0.1) is 0 Å². The first-order valence-corrected chi connectivity index (χ1v) is 10.7. The van der Waals surface area contributed by atoms with Crippen LogP contribution in [0.5, 0.6) is 0 Å². The molecule has 1 aromatic carbocycles. The number of nitriles is 1. The van der Waals surface area contributed by atoms with Crippen molar-refractivity contribution in [1.82, 2.24) is 24.7 Å². The normalized spacial score (nSPS) is 16.2. The van der Waals surface area contributed by atoms with Gasteiger partial charge in [0.15, 0.2) is 5.69 Å². The van der Waals surface area contributed by atoms with Crippen LogP contribution in [-0.2, 0) is 7.05 Å². The summed E-state index contributed by atoms with van der Waals surface area (Å²) >= 11 is 13.1. The van der Waals surface area contributed by atoms with Gasteiger partial charge in [0.2, 0.25) is 5.95 Å². The molecule has 0 unspecified atom stereocenters. The number of hydrogen-bond acceptors (Lipinski definition) is 6. The van der Waals surface area contributed by atoms with Crippen LogP contribution in [0.1, 0.15) is 25.5 Å². The highest BCUT2D eigenvalue weighted by Gasteiger charge is 2.28. The zero-order valence-electron chi connectivity index (χ0n) is 17.1. The van der Waals surface area contributed by atoms with Gasteiger partial charge in [0.05, 0.1) is 21.3 Å². The molecule has 0 radical (unpaired) electrons. The maximum atomic E-state index is 9.86. The number of nitrogens with one attached hydrogen (secondary N) is 1. The van der Waals surface area contributed by atoms with Crippen LogP contribution < -0.4 is 10.6 Å². The minimum absolute atomic E-state index is 0.179. The summed E-state index contributed by atoms with van der Waals surface area (Å²) in [6.07, 6.45) is 3.48. The highest BCUT2D eigenvalue weighted by molar-refractivity contribution is 6.43. The predicted molar refractivity (Wildman–Crippen MR) is 122 cm³/mol. The minimum Gasteiger partial charge on any atom is -0.345 e. The van der Waals surface area contributed by atoms with E-state index in [2.05, 4.69) is 33.0 Å². The smallest absolute Gasteiger partial charge is 0.228 e. The van der Waals surface area contributed by atoms with Crippen molar-refractivity contribution in [1.29, 1.82) is 5.26 Å². The van der Waals surface area contributed by atoms with Gasteiger partial charge in [0.1, 0.15) is 16.9 Å². The second-order valence-electron chi connectivity index (χ2n) is 8.29. The summed E-state index contributed by atoms with van der Waals surface area (Å²) in [6.45, 7) is 3.55. The third kappa shape index (κ3) is 3.21. The summed E-state index contributed by atoms with van der Waals surface area (Å²) in [4.78, 5) is 14.5. The number of hydrogen-bond donors (Lipinski definition) is 2. The van der Waals surface area contributed by atoms with Crippen LogP contribution in [0, 0.1) is 11.3 Å². The first-order valence-electron chi connectivity index (χ1n) is 9.93. The topological polar surface area (TPSA) is 112 Å². The molecule has 10 heteroatoms. The van der Waals surface area contributed by atoms with E-state index in [1.807, 2.05) is 12.1 Å². The van der Waals surface area contributed by atoms with Crippen LogP contribution in [0.15, 0.2) is 18.3 Å². The monoisotopic (exact) mass is 454 g/mol. The molecular formula is C21H20Cl2N8. The van der Waals surface area contributed by atoms with E-state index in [1.54, 1.807) is 17.9 Å². The van der Waals surface area contributed by atoms with E-state index in [1.165, 1.54) is 0 Å². The van der Waals surface area contributed by atoms with Crippen molar-refractivity contribution >= 4 is 51.1 Å². The highest BCUT2D eigenvalue weighted by Crippen LogP contribution is 2.40. The SMILES string of the molecule is Cn1nc2ccc(-c3c[nH]c4nc(N5CCC(C)(N)CC5)nc(C#N)c34)c(Cl)c2c1Cl. The first kappa shape index (κ1) is 20.1. The Morgan fingerprint density at radius 1 is 1.16 bits per heavy atom. The lowest BCUT2D eigenvalue weighted by Crippen LogP contribution is -2.48. The number of halogens is 2. The van der Waals surface area contributed by atoms with Crippen molar-refractivity contribution < 1.29 is 0 Å². The number of benzene rings is 1. The van der Waals surface area contributed by atoms with Crippen LogP contribution in [0.2, 0.25) is 10.2 Å². The molecule has 31 heavy (non-hydrogen) atoms. The van der Waals surface area contributed by atoms with E-state index >= 15 is 0 Å². The van der Waals surface area contributed by atoms with Gasteiger partial charge in [-0.05, 0) is 25.8 Å². The van der Waals surface area contributed by atoms with Crippen LogP contribution in [0.3, 0.4) is 0 Å². The summed E-state index contributed by atoms with van der Waals surface area (Å²) in [5, 5.41) is 16.5. The van der Waals surface area contributed by atoms with Crippen molar-refractivity contribution in [2.75, 3.05) is 18.0 Å². The van der Waals surface area contributed by atoms with Gasteiger partial charge in [-0.3, -0.25) is 4.68 Å². The number of aromatic amines is 1. The van der Waals surface area contributed by atoms with Crippen LogP contribution in [-0.4, -0.2) is 43.4 Å². The molecule has 1 fully saturated rings. The molecule has 0 aliphatic carbocycles. The molecule has 5 rings (SSSR count). The number of rotatable bonds is 2. The molecular weight excluding hydrogens is 435 g/mol. The summed E-state index contributed by atoms with van der Waals surface area (Å²) in [5.41, 5.74) is 9.14. The highest BCUT2D eigenvalue weighted by atomic mass is 35.5. The van der Waals surface area contributed by atoms with Gasteiger partial charge in [-0.1, -0.05) is 29.3 Å². The molecule has 0 atom stereocenters. The lowest BCUT2D eigenvalue weighted by Gasteiger charge is -2.36. The molecule has 1 aliphatic rings. The summed E-state index contributed by atoms with van der Waals surface area (Å²) in [5.74, 6) is 0.532. The number of piperidine rings is 1. The molecule has 0 bridgehead atoms. The summed E-state index contributed by atoms with van der Waals surface area (Å²) < 4.78 is 1.58. The number of aryl methyl sites for hydroxylation is 1. The molecule has 3 aromatic heterocycles. The first-order chi connectivity index (χ1) is 14.8. The average molecular weight is 455 g/mol. The molecule has 0 amide bonds. The Balaban J connectivity index is 1.64. The Morgan fingerprint density at radius 3 is 2.61 bits per heavy atom. The standard InChI is InChI=1S/C21H20Cl2N8/c1-21(25)5-7-31(8-6-21)20-27-14(9-24)15-12(10-26-19(15)28-20)11-3-4-13-16(17(11)22)18(23)30(2)29-13/h3-4,10H,5-8,25H2,1-2H3,(H,26,27,28). The van der Waals surface area contributed by atoms with Gasteiger partial charge in [0.25, 0.3) is 0 Å². The summed E-state index contributed by atoms with van der Waals surface area (Å²) in [7, 11) is 1.76. The van der Waals surface area contributed by atoms with Crippen molar-refractivity contribution in [2.45, 2.75) is 25.3 Å². The molecule has 1 saturated heterocycles. The number of nitrogens with two attached hydrogens (primary N) is 1. The Hall–Kier alpha value is -2.86. The molecule has 0 spiro atoms. The minimum atomic E-state index is -0.179. The third-order valence-corrected chi connectivity index (χ3v) is 6.80. The van der Waals surface area contributed by atoms with Crippen LogP contribution in [0.25, 0.3) is 33.1 Å². The second kappa shape index (κ2) is 7.09. The van der Waals surface area contributed by atoms with Gasteiger partial charge >= 0.3 is 0 Å². The fraction of sp³-hybridized carbons (Fsp3) is 0.333. The number of fused-ring (bicyclic) bond motifs is 2. The Morgan fingerprint density at radius 2 is 1.90 bits per heavy atom. The predicted octanol–water partition coefficient (Wildman–Crippen LogP) is 4.01. The lowest BCUT2D eigenvalue weighted by molar-refractivity contribution is 0.362. The molecule has 1 aliphatic heterocycles. The Labute approximate surface area is 188 Å². The van der Waals surface area contributed by atoms with Crippen LogP contribution in [0.4, 0.5) is 5.95 Å². The van der Waals surface area contributed by atoms with Crippen molar-refractivity contribution in [3.05, 3.63) is 34.2 Å². The van der Waals surface area contributed by atoms with Crippen molar-refractivity contribution in [3.8, 4) is 17.2 Å². The number of anilines is 1. The quantitative estimate of drug-likeness (QED) is 0.472. The van der Waals surface area contributed by atoms with Gasteiger partial charge in [-0.25, -0.2) is 4.98 Å². The second-order valence-corrected chi connectivity index (χ2v) is 9.02. The van der Waals surface area contributed by atoms with Crippen LogP contribution >= 0.6 is 23.2 Å². The molecule has 158 valence electrons. The summed E-state index contributed by atoms with van der Waals surface area (Å²) in [6, 6.07) is 5.96. The van der Waals surface area contributed by atoms with E-state index in [0.717, 1.165) is 37.1 Å². The van der Waals surface area contributed by atoms with E-state index in [9.17, 15) is 5.26 Å². The van der Waals surface area contributed by atoms with Crippen molar-refractivity contribution in [2.24, 2.45) is 12.8 Å². The van der Waals surface area contributed by atoms with Gasteiger partial charge < -0.3 is 15.6 Å². The molecule has 8 nitrogen and oxygen atoms in total. The third-order valence-electron chi connectivity index (χ3n) is 5.97. The van der Waals surface area contributed by atoms with Crippen molar-refractivity contribution in [3.63, 3.8) is 0 Å². The van der Waals surface area contributed by atoms with E-state index in [4.69, 9.17) is 33.9 Å². The van der Waals surface area contributed by atoms with Gasteiger partial charge in [0, 0.05) is 43.0 Å². The molecule has 4 aromatic rings. The maximum Gasteiger partial charge on any atom is 0.228 e. The average Bonchev–Trinajstić information content (AvgIpc) is 3.29. The number of aromatic nitrogens is 5. The molecule has 0 saturated carbocycles. The Bertz CT molecular complexity index is 1370. The zero-order chi connectivity index (χ0) is 21.9. The lowest BCUT2D eigenvalue weighted by atomic mass is 9.91. The van der Waals surface area contributed by atoms with E-state index < -0.39 is 0 Å². The molecule has 4 heterocycles. The molecule has 3 N–H and O–H groups in total. The number of nitrogens with zero attached hydrogens (tertiary/aromatic N) is 6. The zero-order valence-corrected chi connectivity index (χ0v) is 18.6. The van der Waals surface area contributed by atoms with Gasteiger partial charge in [-0.2, -0.15) is 15.3 Å². The maximum absolute atomic E-state index is 9.86. The number of H-pyrrole nitrogens is 1. The fourth-order valence-corrected chi connectivity index (χ4v) is 4.72.